The van der Waals surface area contributed by atoms with Crippen molar-refractivity contribution >= 4 is 11.6 Å². The molecule has 1 aromatic carbocycles. The number of ether oxygens (including phenoxy) is 1. The second-order valence-electron chi connectivity index (χ2n) is 3.70. The van der Waals surface area contributed by atoms with Gasteiger partial charge in [-0.2, -0.15) is 0 Å². The SMILES string of the molecule is Cc1cc(Cl)c(C2COCCN2)cc1F. The zero-order valence-electron chi connectivity index (χ0n) is 8.52. The topological polar surface area (TPSA) is 21.3 Å². The number of hydrogen-bond acceptors (Lipinski definition) is 2. The van der Waals surface area contributed by atoms with Crippen LogP contribution >= 0.6 is 11.6 Å². The summed E-state index contributed by atoms with van der Waals surface area (Å²) in [4.78, 5) is 0. The summed E-state index contributed by atoms with van der Waals surface area (Å²) in [6, 6.07) is 3.15. The van der Waals surface area contributed by atoms with Gasteiger partial charge in [0, 0.05) is 11.6 Å². The first-order valence-electron chi connectivity index (χ1n) is 4.95. The fraction of sp³-hybridized carbons (Fsp3) is 0.455. The molecule has 1 unspecified atom stereocenters. The molecule has 1 saturated heterocycles. The van der Waals surface area contributed by atoms with Gasteiger partial charge in [0.05, 0.1) is 19.3 Å². The molecule has 2 rings (SSSR count). The molecule has 1 atom stereocenters. The highest BCUT2D eigenvalue weighted by molar-refractivity contribution is 6.31. The lowest BCUT2D eigenvalue weighted by Gasteiger charge is -2.25. The maximum Gasteiger partial charge on any atom is 0.126 e. The Morgan fingerprint density at radius 2 is 2.33 bits per heavy atom. The monoisotopic (exact) mass is 229 g/mol. The van der Waals surface area contributed by atoms with Gasteiger partial charge in [0.1, 0.15) is 5.82 Å². The van der Waals surface area contributed by atoms with Crippen LogP contribution in [-0.4, -0.2) is 19.8 Å². The van der Waals surface area contributed by atoms with Crippen molar-refractivity contribution in [3.8, 4) is 0 Å². The van der Waals surface area contributed by atoms with Crippen LogP contribution in [0.3, 0.4) is 0 Å². The van der Waals surface area contributed by atoms with Gasteiger partial charge in [-0.05, 0) is 30.2 Å². The van der Waals surface area contributed by atoms with Gasteiger partial charge in [-0.25, -0.2) is 4.39 Å². The molecule has 0 saturated carbocycles. The van der Waals surface area contributed by atoms with Crippen molar-refractivity contribution in [1.82, 2.24) is 5.32 Å². The molecule has 0 radical (unpaired) electrons. The Balaban J connectivity index is 2.30. The lowest BCUT2D eigenvalue weighted by molar-refractivity contribution is 0.0768. The normalized spacial score (nSPS) is 21.7. The third-order valence-corrected chi connectivity index (χ3v) is 2.90. The number of nitrogens with one attached hydrogen (secondary N) is 1. The van der Waals surface area contributed by atoms with Gasteiger partial charge in [0.2, 0.25) is 0 Å². The summed E-state index contributed by atoms with van der Waals surface area (Å²) in [5.41, 5.74) is 1.35. The minimum Gasteiger partial charge on any atom is -0.378 e. The van der Waals surface area contributed by atoms with E-state index in [0.29, 0.717) is 23.8 Å². The predicted octanol–water partition coefficient (Wildman–Crippen LogP) is 2.45. The molecule has 2 nitrogen and oxygen atoms in total. The second-order valence-corrected chi connectivity index (χ2v) is 4.11. The van der Waals surface area contributed by atoms with Crippen molar-refractivity contribution in [1.29, 1.82) is 0 Å². The fourth-order valence-corrected chi connectivity index (χ4v) is 2.04. The van der Waals surface area contributed by atoms with Crippen molar-refractivity contribution in [3.63, 3.8) is 0 Å². The third kappa shape index (κ3) is 2.30. The highest BCUT2D eigenvalue weighted by Gasteiger charge is 2.19. The molecule has 1 N–H and O–H groups in total. The van der Waals surface area contributed by atoms with E-state index in [2.05, 4.69) is 5.32 Å². The zero-order valence-corrected chi connectivity index (χ0v) is 9.27. The van der Waals surface area contributed by atoms with E-state index in [1.807, 2.05) is 0 Å². The third-order valence-electron chi connectivity index (χ3n) is 2.58. The second kappa shape index (κ2) is 4.47. The first-order chi connectivity index (χ1) is 7.18. The maximum atomic E-state index is 13.4. The molecule has 1 aliphatic heterocycles. The van der Waals surface area contributed by atoms with Gasteiger partial charge in [-0.15, -0.1) is 0 Å². The van der Waals surface area contributed by atoms with E-state index in [4.69, 9.17) is 16.3 Å². The van der Waals surface area contributed by atoms with E-state index >= 15 is 0 Å². The van der Waals surface area contributed by atoms with Crippen LogP contribution in [0.5, 0.6) is 0 Å². The van der Waals surface area contributed by atoms with E-state index < -0.39 is 0 Å². The standard InChI is InChI=1S/C11H13ClFNO/c1-7-4-9(12)8(5-10(7)13)11-6-15-3-2-14-11/h4-5,11,14H,2-3,6H2,1H3. The van der Waals surface area contributed by atoms with E-state index in [1.54, 1.807) is 13.0 Å². The molecule has 1 aliphatic rings. The van der Waals surface area contributed by atoms with Crippen LogP contribution < -0.4 is 5.32 Å². The Morgan fingerprint density at radius 3 is 3.00 bits per heavy atom. The molecular formula is C11H13ClFNO. The number of hydrogen-bond donors (Lipinski definition) is 1. The molecule has 1 heterocycles. The Kier molecular flexibility index (Phi) is 3.24. The van der Waals surface area contributed by atoms with Gasteiger partial charge in [0.25, 0.3) is 0 Å². The minimum absolute atomic E-state index is 0.00125. The van der Waals surface area contributed by atoms with Crippen LogP contribution in [0.2, 0.25) is 5.02 Å². The van der Waals surface area contributed by atoms with Crippen molar-refractivity contribution in [2.75, 3.05) is 19.8 Å². The van der Waals surface area contributed by atoms with Crippen LogP contribution in [-0.2, 0) is 4.74 Å². The lowest BCUT2D eigenvalue weighted by atomic mass is 10.0. The van der Waals surface area contributed by atoms with Crippen LogP contribution in [0, 0.1) is 12.7 Å². The van der Waals surface area contributed by atoms with Gasteiger partial charge < -0.3 is 10.1 Å². The zero-order chi connectivity index (χ0) is 10.8. The van der Waals surface area contributed by atoms with Gasteiger partial charge in [0.15, 0.2) is 0 Å². The van der Waals surface area contributed by atoms with Crippen LogP contribution in [0.25, 0.3) is 0 Å². The van der Waals surface area contributed by atoms with Crippen molar-refractivity contribution < 1.29 is 9.13 Å². The Hall–Kier alpha value is -0.640. The van der Waals surface area contributed by atoms with E-state index in [0.717, 1.165) is 12.1 Å². The van der Waals surface area contributed by atoms with Crippen molar-refractivity contribution in [2.24, 2.45) is 0 Å². The molecule has 0 spiro atoms. The summed E-state index contributed by atoms with van der Waals surface area (Å²) in [6.45, 7) is 3.72. The largest absolute Gasteiger partial charge is 0.378 e. The van der Waals surface area contributed by atoms with Gasteiger partial charge >= 0.3 is 0 Å². The molecule has 15 heavy (non-hydrogen) atoms. The van der Waals surface area contributed by atoms with Gasteiger partial charge in [-0.1, -0.05) is 11.6 Å². The number of morpholine rings is 1. The Morgan fingerprint density at radius 1 is 1.53 bits per heavy atom. The molecule has 0 amide bonds. The van der Waals surface area contributed by atoms with Crippen molar-refractivity contribution in [3.05, 3.63) is 34.1 Å². The Labute approximate surface area is 93.4 Å². The molecule has 4 heteroatoms. The summed E-state index contributed by atoms with van der Waals surface area (Å²) >= 11 is 6.07. The molecule has 82 valence electrons. The smallest absolute Gasteiger partial charge is 0.126 e. The minimum atomic E-state index is -0.221. The van der Waals surface area contributed by atoms with Crippen LogP contribution in [0.15, 0.2) is 12.1 Å². The van der Waals surface area contributed by atoms with E-state index in [-0.39, 0.29) is 11.9 Å². The van der Waals surface area contributed by atoms with E-state index in [9.17, 15) is 4.39 Å². The summed E-state index contributed by atoms with van der Waals surface area (Å²) < 4.78 is 18.7. The predicted molar refractivity (Wildman–Crippen MR) is 57.7 cm³/mol. The average molecular weight is 230 g/mol. The first kappa shape index (κ1) is 10.9. The first-order valence-corrected chi connectivity index (χ1v) is 5.33. The average Bonchev–Trinajstić information content (AvgIpc) is 2.25. The number of benzene rings is 1. The summed E-state index contributed by atoms with van der Waals surface area (Å²) in [7, 11) is 0. The fourth-order valence-electron chi connectivity index (χ4n) is 1.69. The molecule has 1 aromatic rings. The molecule has 0 aromatic heterocycles. The summed E-state index contributed by atoms with van der Waals surface area (Å²) in [5.74, 6) is -0.221. The highest BCUT2D eigenvalue weighted by Crippen LogP contribution is 2.27. The highest BCUT2D eigenvalue weighted by atomic mass is 35.5. The van der Waals surface area contributed by atoms with E-state index in [1.165, 1.54) is 6.07 Å². The summed E-state index contributed by atoms with van der Waals surface area (Å²) in [5, 5.41) is 3.84. The maximum absolute atomic E-state index is 13.4. The Bertz CT molecular complexity index is 364. The van der Waals surface area contributed by atoms with Crippen LogP contribution in [0.4, 0.5) is 4.39 Å². The van der Waals surface area contributed by atoms with Crippen molar-refractivity contribution in [2.45, 2.75) is 13.0 Å². The molecular weight excluding hydrogens is 217 g/mol. The molecule has 0 aliphatic carbocycles. The molecule has 1 fully saturated rings. The molecule has 0 bridgehead atoms. The number of rotatable bonds is 1. The van der Waals surface area contributed by atoms with Crippen LogP contribution in [0.1, 0.15) is 17.2 Å². The summed E-state index contributed by atoms with van der Waals surface area (Å²) in [6.07, 6.45) is 0. The van der Waals surface area contributed by atoms with Gasteiger partial charge in [-0.3, -0.25) is 0 Å². The quantitative estimate of drug-likeness (QED) is 0.799. The number of aryl methyl sites for hydroxylation is 1. The lowest BCUT2D eigenvalue weighted by Crippen LogP contribution is -2.34. The number of halogens is 2.